The van der Waals surface area contributed by atoms with Crippen molar-refractivity contribution in [3.8, 4) is 0 Å². The molecule has 1 fully saturated rings. The third-order valence-electron chi connectivity index (χ3n) is 5.22. The minimum Gasteiger partial charge on any atom is -0.326 e. The summed E-state index contributed by atoms with van der Waals surface area (Å²) in [6.07, 6.45) is 4.28. The molecule has 0 saturated carbocycles. The van der Waals surface area contributed by atoms with Gasteiger partial charge in [0, 0.05) is 57.4 Å². The lowest BCUT2D eigenvalue weighted by atomic mass is 10.1. The highest BCUT2D eigenvalue weighted by atomic mass is 16.6. The highest BCUT2D eigenvalue weighted by Gasteiger charge is 2.17. The molecule has 0 aliphatic carbocycles. The van der Waals surface area contributed by atoms with Crippen molar-refractivity contribution in [1.82, 2.24) is 9.80 Å². The first-order chi connectivity index (χ1) is 14.5. The van der Waals surface area contributed by atoms with Crippen LogP contribution in [0.1, 0.15) is 17.5 Å². The quantitative estimate of drug-likeness (QED) is 0.534. The number of rotatable bonds is 8. The van der Waals surface area contributed by atoms with Crippen LogP contribution in [0.5, 0.6) is 0 Å². The van der Waals surface area contributed by atoms with Crippen LogP contribution in [-0.2, 0) is 4.79 Å². The average molecular weight is 409 g/mol. The van der Waals surface area contributed by atoms with Gasteiger partial charge in [0.05, 0.1) is 10.5 Å². The van der Waals surface area contributed by atoms with Crippen LogP contribution in [0.4, 0.5) is 11.4 Å². The molecule has 1 aliphatic rings. The molecule has 1 amide bonds. The van der Waals surface area contributed by atoms with Crippen LogP contribution in [0.25, 0.3) is 6.08 Å². The molecule has 2 aromatic rings. The number of carbonyl (C=O) groups is 1. The first kappa shape index (κ1) is 21.7. The number of nitro benzene ring substituents is 1. The Hall–Kier alpha value is -3.03. The van der Waals surface area contributed by atoms with E-state index in [0.29, 0.717) is 12.0 Å². The molecular weight excluding hydrogens is 380 g/mol. The summed E-state index contributed by atoms with van der Waals surface area (Å²) in [5, 5.41) is 14.0. The Morgan fingerprint density at radius 3 is 2.57 bits per heavy atom. The summed E-state index contributed by atoms with van der Waals surface area (Å²) in [7, 11) is 0. The number of anilines is 1. The summed E-state index contributed by atoms with van der Waals surface area (Å²) in [4.78, 5) is 27.5. The number of carbonyl (C=O) groups excluding carboxylic acids is 1. The SMILES string of the molecule is Cc1cccc(NC(=O)CCN2CCN(CC=Cc3ccccc3[N+](=O)[O-])CC2)c1. The topological polar surface area (TPSA) is 78.7 Å². The van der Waals surface area contributed by atoms with Crippen LogP contribution in [-0.4, -0.2) is 59.9 Å². The van der Waals surface area contributed by atoms with Crippen molar-refractivity contribution >= 4 is 23.4 Å². The number of piperazine rings is 1. The zero-order chi connectivity index (χ0) is 21.3. The van der Waals surface area contributed by atoms with E-state index in [1.54, 1.807) is 18.2 Å². The fraction of sp³-hybridized carbons (Fsp3) is 0.348. The average Bonchev–Trinajstić information content (AvgIpc) is 2.73. The Bertz CT molecular complexity index is 905. The van der Waals surface area contributed by atoms with Crippen molar-refractivity contribution in [3.05, 3.63) is 75.8 Å². The van der Waals surface area contributed by atoms with E-state index >= 15 is 0 Å². The van der Waals surface area contributed by atoms with E-state index in [-0.39, 0.29) is 16.5 Å². The molecule has 1 saturated heterocycles. The third kappa shape index (κ3) is 6.50. The lowest BCUT2D eigenvalue weighted by Crippen LogP contribution is -2.46. The molecule has 0 atom stereocenters. The van der Waals surface area contributed by atoms with Crippen molar-refractivity contribution in [2.24, 2.45) is 0 Å². The van der Waals surface area contributed by atoms with Gasteiger partial charge in [-0.15, -0.1) is 0 Å². The lowest BCUT2D eigenvalue weighted by molar-refractivity contribution is -0.385. The number of nitrogens with one attached hydrogen (secondary N) is 1. The predicted octanol–water partition coefficient (Wildman–Crippen LogP) is 3.56. The second-order valence-electron chi connectivity index (χ2n) is 7.53. The van der Waals surface area contributed by atoms with Crippen molar-refractivity contribution in [2.45, 2.75) is 13.3 Å². The summed E-state index contributed by atoms with van der Waals surface area (Å²) in [6, 6.07) is 14.6. The molecule has 30 heavy (non-hydrogen) atoms. The van der Waals surface area contributed by atoms with Crippen molar-refractivity contribution < 1.29 is 9.72 Å². The van der Waals surface area contributed by atoms with Crippen molar-refractivity contribution in [2.75, 3.05) is 44.6 Å². The molecule has 7 nitrogen and oxygen atoms in total. The van der Waals surface area contributed by atoms with E-state index in [4.69, 9.17) is 0 Å². The largest absolute Gasteiger partial charge is 0.326 e. The van der Waals surface area contributed by atoms with Gasteiger partial charge in [-0.2, -0.15) is 0 Å². The molecule has 0 bridgehead atoms. The highest BCUT2D eigenvalue weighted by molar-refractivity contribution is 5.90. The summed E-state index contributed by atoms with van der Waals surface area (Å²) in [5.41, 5.74) is 2.72. The first-order valence-electron chi connectivity index (χ1n) is 10.2. The molecule has 1 N–H and O–H groups in total. The van der Waals surface area contributed by atoms with Gasteiger partial charge in [0.25, 0.3) is 5.69 Å². The number of amides is 1. The monoisotopic (exact) mass is 408 g/mol. The smallest absolute Gasteiger partial charge is 0.276 e. The number of nitro groups is 1. The maximum absolute atomic E-state index is 12.2. The molecule has 0 spiro atoms. The van der Waals surface area contributed by atoms with Crippen LogP contribution in [0.3, 0.4) is 0 Å². The summed E-state index contributed by atoms with van der Waals surface area (Å²) in [5.74, 6) is 0.0374. The zero-order valence-corrected chi connectivity index (χ0v) is 17.3. The number of benzene rings is 2. The Labute approximate surface area is 177 Å². The zero-order valence-electron chi connectivity index (χ0n) is 17.3. The molecule has 0 aromatic heterocycles. The normalized spacial score (nSPS) is 15.4. The molecule has 1 aliphatic heterocycles. The molecule has 3 rings (SSSR count). The van der Waals surface area contributed by atoms with E-state index in [2.05, 4.69) is 15.1 Å². The summed E-state index contributed by atoms with van der Waals surface area (Å²) >= 11 is 0. The third-order valence-corrected chi connectivity index (χ3v) is 5.22. The van der Waals surface area contributed by atoms with Gasteiger partial charge in [0.1, 0.15) is 0 Å². The number of hydrogen-bond acceptors (Lipinski definition) is 5. The van der Waals surface area contributed by atoms with Crippen molar-refractivity contribution in [1.29, 1.82) is 0 Å². The summed E-state index contributed by atoms with van der Waals surface area (Å²) < 4.78 is 0. The van der Waals surface area contributed by atoms with E-state index in [1.165, 1.54) is 6.07 Å². The minimum atomic E-state index is -0.354. The maximum Gasteiger partial charge on any atom is 0.276 e. The Morgan fingerprint density at radius 1 is 1.10 bits per heavy atom. The molecular formula is C23H28N4O3. The van der Waals surface area contributed by atoms with E-state index in [1.807, 2.05) is 43.3 Å². The van der Waals surface area contributed by atoms with Gasteiger partial charge in [-0.05, 0) is 30.7 Å². The van der Waals surface area contributed by atoms with Crippen LogP contribution in [0.15, 0.2) is 54.6 Å². The van der Waals surface area contributed by atoms with E-state index in [9.17, 15) is 14.9 Å². The van der Waals surface area contributed by atoms with Gasteiger partial charge in [0.2, 0.25) is 5.91 Å². The fourth-order valence-corrected chi connectivity index (χ4v) is 3.52. The Morgan fingerprint density at radius 2 is 1.83 bits per heavy atom. The first-order valence-corrected chi connectivity index (χ1v) is 10.2. The molecule has 0 unspecified atom stereocenters. The van der Waals surface area contributed by atoms with Crippen LogP contribution in [0.2, 0.25) is 0 Å². The van der Waals surface area contributed by atoms with E-state index in [0.717, 1.165) is 50.5 Å². The second-order valence-corrected chi connectivity index (χ2v) is 7.53. The number of nitrogens with zero attached hydrogens (tertiary/aromatic N) is 3. The van der Waals surface area contributed by atoms with Gasteiger partial charge < -0.3 is 10.2 Å². The van der Waals surface area contributed by atoms with E-state index < -0.39 is 0 Å². The highest BCUT2D eigenvalue weighted by Crippen LogP contribution is 2.19. The van der Waals surface area contributed by atoms with Gasteiger partial charge >= 0.3 is 0 Å². The molecule has 158 valence electrons. The number of aryl methyl sites for hydroxylation is 1. The molecule has 2 aromatic carbocycles. The lowest BCUT2D eigenvalue weighted by Gasteiger charge is -2.34. The van der Waals surface area contributed by atoms with Crippen LogP contribution in [0, 0.1) is 17.0 Å². The predicted molar refractivity (Wildman–Crippen MR) is 119 cm³/mol. The minimum absolute atomic E-state index is 0.0374. The number of hydrogen-bond donors (Lipinski definition) is 1. The second kappa shape index (κ2) is 10.7. The van der Waals surface area contributed by atoms with Crippen LogP contribution >= 0.6 is 0 Å². The molecule has 1 heterocycles. The van der Waals surface area contributed by atoms with Crippen LogP contribution < -0.4 is 5.32 Å². The van der Waals surface area contributed by atoms with Gasteiger partial charge in [0.15, 0.2) is 0 Å². The van der Waals surface area contributed by atoms with Gasteiger partial charge in [-0.3, -0.25) is 19.8 Å². The van der Waals surface area contributed by atoms with Gasteiger partial charge in [-0.1, -0.05) is 36.4 Å². The Balaban J connectivity index is 1.38. The number of para-hydroxylation sites is 1. The van der Waals surface area contributed by atoms with Crippen molar-refractivity contribution in [3.63, 3.8) is 0 Å². The maximum atomic E-state index is 12.2. The standard InChI is InChI=1S/C23H28N4O3/c1-19-6-4-9-21(18-19)24-23(28)11-13-26-16-14-25(15-17-26)12-5-8-20-7-2-3-10-22(20)27(29)30/h2-10,18H,11-17H2,1H3,(H,24,28). The summed E-state index contributed by atoms with van der Waals surface area (Å²) in [6.45, 7) is 7.17. The van der Waals surface area contributed by atoms with Gasteiger partial charge in [-0.25, -0.2) is 0 Å². The molecule has 0 radical (unpaired) electrons. The molecule has 7 heteroatoms. The fourth-order valence-electron chi connectivity index (χ4n) is 3.52. The Kier molecular flexibility index (Phi) is 7.70.